The quantitative estimate of drug-likeness (QED) is 0.0601. The van der Waals surface area contributed by atoms with Gasteiger partial charge in [-0.25, -0.2) is 19.3 Å². The van der Waals surface area contributed by atoms with E-state index in [2.05, 4.69) is 30.6 Å². The summed E-state index contributed by atoms with van der Waals surface area (Å²) in [6.45, 7) is 0.619. The zero-order chi connectivity index (χ0) is 45.0. The first-order valence-electron chi connectivity index (χ1n) is 18.5. The number of ether oxygens (including phenoxy) is 5. The number of benzene rings is 4. The maximum absolute atomic E-state index is 13.7. The first kappa shape index (κ1) is 43.2. The smallest absolute Gasteiger partial charge is 0.433 e. The molecule has 64 heavy (non-hydrogen) atoms. The number of esters is 1. The van der Waals surface area contributed by atoms with Crippen molar-refractivity contribution in [3.05, 3.63) is 143 Å². The Kier molecular flexibility index (Phi) is 12.5. The summed E-state index contributed by atoms with van der Waals surface area (Å²) in [6, 6.07) is 24.1. The van der Waals surface area contributed by atoms with Gasteiger partial charge in [0.15, 0.2) is 27.5 Å². The van der Waals surface area contributed by atoms with E-state index in [0.717, 1.165) is 34.9 Å². The van der Waals surface area contributed by atoms with Crippen molar-refractivity contribution in [1.82, 2.24) is 19.9 Å². The molecule has 0 radical (unpaired) electrons. The summed E-state index contributed by atoms with van der Waals surface area (Å²) in [5, 5.41) is 5.74. The van der Waals surface area contributed by atoms with E-state index in [4.69, 9.17) is 35.3 Å². The molecular formula is C43H27ClF4N6O8S2. The number of carbonyl (C=O) groups is 3. The minimum Gasteiger partial charge on any atom is -0.485 e. The van der Waals surface area contributed by atoms with Gasteiger partial charge >= 0.3 is 12.1 Å². The second kappa shape index (κ2) is 18.5. The lowest BCUT2D eigenvalue weighted by Gasteiger charge is -2.15. The van der Waals surface area contributed by atoms with Crippen LogP contribution < -0.4 is 29.6 Å². The van der Waals surface area contributed by atoms with Crippen molar-refractivity contribution in [2.75, 3.05) is 17.4 Å². The molecule has 8 rings (SSSR count). The summed E-state index contributed by atoms with van der Waals surface area (Å²) < 4.78 is 82.8. The highest BCUT2D eigenvalue weighted by Gasteiger charge is 2.33. The number of thiazole rings is 2. The molecule has 4 aromatic carbocycles. The van der Waals surface area contributed by atoms with Gasteiger partial charge in [0, 0.05) is 43.1 Å². The predicted octanol–water partition coefficient (Wildman–Crippen LogP) is 11.1. The van der Waals surface area contributed by atoms with Crippen molar-refractivity contribution in [1.29, 1.82) is 0 Å². The third-order valence-corrected chi connectivity index (χ3v) is 10.8. The van der Waals surface area contributed by atoms with Gasteiger partial charge in [-0.05, 0) is 72.3 Å². The fourth-order valence-electron chi connectivity index (χ4n) is 5.79. The standard InChI is InChI=1S/C43H27ClF4N6O8S2/c1-22(55)59-21-60-38-33(12-14-50-37(38)40(57)54-42-52-31-9-7-28(19-35(31)64-42)62-32-10-5-25(45)17-29(32)44)58-20-23-3-2-4-26(15-23)61-27-6-8-30-34(18-27)63-41(51-30)53-39(56)24-11-13-49-36(16-24)43(46,47)48/h2-19H,20-21H2,1H3,(H,51,53,56)(H,52,54,57). The van der Waals surface area contributed by atoms with E-state index < -0.39 is 42.3 Å². The van der Waals surface area contributed by atoms with Crippen LogP contribution in [-0.4, -0.2) is 44.5 Å². The molecule has 21 heteroatoms. The zero-order valence-electron chi connectivity index (χ0n) is 32.6. The Bertz CT molecular complexity index is 3080. The van der Waals surface area contributed by atoms with Crippen LogP contribution in [0.4, 0.5) is 27.8 Å². The molecular weight excluding hydrogens is 904 g/mol. The van der Waals surface area contributed by atoms with Crippen molar-refractivity contribution in [3.8, 4) is 34.5 Å². The highest BCUT2D eigenvalue weighted by atomic mass is 35.5. The van der Waals surface area contributed by atoms with E-state index in [-0.39, 0.29) is 50.4 Å². The van der Waals surface area contributed by atoms with Gasteiger partial charge in [0.1, 0.15) is 41.1 Å². The number of hydrogen-bond acceptors (Lipinski definition) is 14. The number of nitrogens with one attached hydrogen (secondary N) is 2. The topological polar surface area (TPSA) is 173 Å². The fraction of sp³-hybridized carbons (Fsp3) is 0.0930. The van der Waals surface area contributed by atoms with E-state index in [1.807, 2.05) is 0 Å². The van der Waals surface area contributed by atoms with Crippen LogP contribution in [0.2, 0.25) is 5.02 Å². The average molecular weight is 931 g/mol. The Labute approximate surface area is 371 Å². The van der Waals surface area contributed by atoms with Crippen LogP contribution in [0.15, 0.2) is 109 Å². The number of hydrogen-bond donors (Lipinski definition) is 2. The lowest BCUT2D eigenvalue weighted by Crippen LogP contribution is -2.17. The Balaban J connectivity index is 0.939. The number of aromatic nitrogens is 4. The number of anilines is 2. The minimum absolute atomic E-state index is 0.0313. The molecule has 324 valence electrons. The highest BCUT2D eigenvalue weighted by Crippen LogP contribution is 2.37. The van der Waals surface area contributed by atoms with Crippen LogP contribution in [0.25, 0.3) is 20.4 Å². The van der Waals surface area contributed by atoms with E-state index in [9.17, 15) is 31.9 Å². The minimum atomic E-state index is -4.71. The Morgan fingerprint density at radius 1 is 0.719 bits per heavy atom. The summed E-state index contributed by atoms with van der Waals surface area (Å²) in [5.74, 6) is -1.08. The normalized spacial score (nSPS) is 11.3. The van der Waals surface area contributed by atoms with Crippen molar-refractivity contribution >= 4 is 82.8 Å². The van der Waals surface area contributed by atoms with Crippen LogP contribution in [0.1, 0.15) is 39.0 Å². The van der Waals surface area contributed by atoms with Crippen LogP contribution in [-0.2, 0) is 22.3 Å². The second-order valence-electron chi connectivity index (χ2n) is 13.2. The lowest BCUT2D eigenvalue weighted by atomic mass is 10.2. The first-order valence-corrected chi connectivity index (χ1v) is 20.5. The molecule has 0 bridgehead atoms. The number of nitrogens with zero attached hydrogens (tertiary/aromatic N) is 4. The summed E-state index contributed by atoms with van der Waals surface area (Å²) in [4.78, 5) is 54.3. The van der Waals surface area contributed by atoms with Gasteiger partial charge in [0.25, 0.3) is 11.8 Å². The summed E-state index contributed by atoms with van der Waals surface area (Å²) >= 11 is 8.37. The van der Waals surface area contributed by atoms with Gasteiger partial charge in [-0.2, -0.15) is 13.2 Å². The molecule has 0 spiro atoms. The average Bonchev–Trinajstić information content (AvgIpc) is 3.86. The fourth-order valence-corrected chi connectivity index (χ4v) is 7.78. The van der Waals surface area contributed by atoms with Crippen molar-refractivity contribution < 1.29 is 55.6 Å². The molecule has 0 atom stereocenters. The van der Waals surface area contributed by atoms with Gasteiger partial charge < -0.3 is 23.7 Å². The molecule has 0 aliphatic heterocycles. The lowest BCUT2D eigenvalue weighted by molar-refractivity contribution is -0.147. The molecule has 4 heterocycles. The van der Waals surface area contributed by atoms with Gasteiger partial charge in [0.2, 0.25) is 6.79 Å². The Morgan fingerprint density at radius 2 is 1.39 bits per heavy atom. The maximum atomic E-state index is 13.7. The molecule has 2 N–H and O–H groups in total. The highest BCUT2D eigenvalue weighted by molar-refractivity contribution is 7.22. The van der Waals surface area contributed by atoms with Crippen molar-refractivity contribution in [2.45, 2.75) is 19.7 Å². The zero-order valence-corrected chi connectivity index (χ0v) is 35.0. The van der Waals surface area contributed by atoms with E-state index in [0.29, 0.717) is 49.3 Å². The first-order chi connectivity index (χ1) is 30.7. The second-order valence-corrected chi connectivity index (χ2v) is 15.7. The number of fused-ring (bicyclic) bond motifs is 2. The third-order valence-electron chi connectivity index (χ3n) is 8.67. The third kappa shape index (κ3) is 10.4. The molecule has 8 aromatic rings. The molecule has 0 unspecified atom stereocenters. The Hall–Kier alpha value is -7.42. The molecule has 0 saturated carbocycles. The van der Waals surface area contributed by atoms with Crippen LogP contribution in [0, 0.1) is 5.82 Å². The molecule has 14 nitrogen and oxygen atoms in total. The molecule has 2 amide bonds. The number of pyridine rings is 2. The van der Waals surface area contributed by atoms with Gasteiger partial charge in [-0.3, -0.25) is 30.0 Å². The van der Waals surface area contributed by atoms with E-state index in [1.54, 1.807) is 60.7 Å². The monoisotopic (exact) mass is 930 g/mol. The molecule has 0 aliphatic carbocycles. The van der Waals surface area contributed by atoms with Crippen molar-refractivity contribution in [2.24, 2.45) is 0 Å². The van der Waals surface area contributed by atoms with Crippen LogP contribution in [0.3, 0.4) is 0 Å². The number of amides is 2. The van der Waals surface area contributed by atoms with Crippen LogP contribution in [0.5, 0.6) is 34.5 Å². The number of alkyl halides is 3. The molecule has 0 fully saturated rings. The van der Waals surface area contributed by atoms with Crippen molar-refractivity contribution in [3.63, 3.8) is 0 Å². The largest absolute Gasteiger partial charge is 0.485 e. The predicted molar refractivity (Wildman–Crippen MR) is 228 cm³/mol. The van der Waals surface area contributed by atoms with Crippen LogP contribution >= 0.6 is 34.3 Å². The van der Waals surface area contributed by atoms with E-state index in [1.165, 1.54) is 37.4 Å². The molecule has 0 saturated heterocycles. The van der Waals surface area contributed by atoms with Gasteiger partial charge in [-0.15, -0.1) is 0 Å². The summed E-state index contributed by atoms with van der Waals surface area (Å²) in [5.41, 5.74) is 0.122. The summed E-state index contributed by atoms with van der Waals surface area (Å²) in [6.07, 6.45) is -2.45. The van der Waals surface area contributed by atoms with Gasteiger partial charge in [0.05, 0.1) is 25.5 Å². The SMILES string of the molecule is CC(=O)OCOc1c(OCc2cccc(Oc3ccc4nc(NC(=O)c5ccnc(C(F)(F)F)c5)sc4c3)c2)ccnc1C(=O)Nc1nc2ccc(Oc3ccc(F)cc3Cl)cc2s1. The molecule has 0 aliphatic rings. The molecule has 4 aromatic heterocycles. The number of rotatable bonds is 14. The van der Waals surface area contributed by atoms with Gasteiger partial charge in [-0.1, -0.05) is 46.4 Å². The number of halogens is 5. The maximum Gasteiger partial charge on any atom is 0.433 e. The van der Waals surface area contributed by atoms with E-state index >= 15 is 0 Å². The Morgan fingerprint density at radius 3 is 2.08 bits per heavy atom. The number of carbonyl (C=O) groups excluding carboxylic acids is 3. The summed E-state index contributed by atoms with van der Waals surface area (Å²) in [7, 11) is 0.